The van der Waals surface area contributed by atoms with Crippen LogP contribution in [0.2, 0.25) is 0 Å². The van der Waals surface area contributed by atoms with Gasteiger partial charge in [0.05, 0.1) is 12.7 Å². The molecule has 5 heteroatoms. The van der Waals surface area contributed by atoms with Gasteiger partial charge in [0.1, 0.15) is 18.1 Å². The van der Waals surface area contributed by atoms with E-state index in [1.54, 1.807) is 6.92 Å². The number of hydrogen-bond acceptors (Lipinski definition) is 5. The average molecular weight is 504 g/mol. The molecule has 3 aromatic rings. The fourth-order valence-corrected chi connectivity index (χ4v) is 3.97. The summed E-state index contributed by atoms with van der Waals surface area (Å²) in [6.07, 6.45) is 3.34. The summed E-state index contributed by atoms with van der Waals surface area (Å²) in [6, 6.07) is 26.0. The van der Waals surface area contributed by atoms with Crippen molar-refractivity contribution in [2.24, 2.45) is 0 Å². The van der Waals surface area contributed by atoms with Crippen molar-refractivity contribution >= 4 is 11.8 Å². The number of hydrogen-bond donors (Lipinski definition) is 0. The largest absolute Gasteiger partial charge is 0.489 e. The van der Waals surface area contributed by atoms with Crippen LogP contribution in [0.4, 0.5) is 0 Å². The molecule has 0 aliphatic carbocycles. The molecule has 0 aliphatic rings. The minimum absolute atomic E-state index is 0.236. The second-order valence-corrected chi connectivity index (χ2v) is 8.76. The van der Waals surface area contributed by atoms with Crippen molar-refractivity contribution < 1.29 is 19.1 Å². The number of nitrogens with zero attached hydrogens (tertiary/aromatic N) is 1. The van der Waals surface area contributed by atoms with E-state index in [2.05, 4.69) is 23.1 Å². The van der Waals surface area contributed by atoms with E-state index in [4.69, 9.17) is 9.47 Å². The monoisotopic (exact) mass is 503 g/mol. The van der Waals surface area contributed by atoms with E-state index in [9.17, 15) is 9.59 Å². The molecule has 0 aromatic heterocycles. The second-order valence-electron chi connectivity index (χ2n) is 8.76. The van der Waals surface area contributed by atoms with E-state index in [1.807, 2.05) is 74.5 Å². The molecule has 0 spiro atoms. The lowest BCUT2D eigenvalue weighted by Gasteiger charge is -2.23. The van der Waals surface area contributed by atoms with Crippen LogP contribution in [0.25, 0.3) is 0 Å². The summed E-state index contributed by atoms with van der Waals surface area (Å²) in [5.41, 5.74) is 4.01. The predicted molar refractivity (Wildman–Crippen MR) is 150 cm³/mol. The maximum Gasteiger partial charge on any atom is 0.337 e. The van der Waals surface area contributed by atoms with Crippen molar-refractivity contribution in [1.82, 2.24) is 4.90 Å². The molecule has 0 atom stereocenters. The van der Waals surface area contributed by atoms with Crippen LogP contribution in [-0.4, -0.2) is 36.9 Å². The molecule has 0 amide bonds. The van der Waals surface area contributed by atoms with Gasteiger partial charge < -0.3 is 14.3 Å². The number of unbranched alkanes of at least 4 members (excludes halogenated alkanes) is 1. The lowest BCUT2D eigenvalue weighted by molar-refractivity contribution is -0.117. The van der Waals surface area contributed by atoms with E-state index in [-0.39, 0.29) is 11.8 Å². The minimum Gasteiger partial charge on any atom is -0.489 e. The predicted octanol–water partition coefficient (Wildman–Crippen LogP) is 6.88. The maximum absolute atomic E-state index is 11.7. The summed E-state index contributed by atoms with van der Waals surface area (Å²) in [5.74, 6) is 0.819. The van der Waals surface area contributed by atoms with Gasteiger partial charge in [-0.2, -0.15) is 0 Å². The molecule has 0 radical (unpaired) electrons. The highest BCUT2D eigenvalue weighted by molar-refractivity contribution is 5.89. The van der Waals surface area contributed by atoms with E-state index < -0.39 is 0 Å². The van der Waals surface area contributed by atoms with Gasteiger partial charge in [-0.3, -0.25) is 4.90 Å². The lowest BCUT2D eigenvalue weighted by Crippen LogP contribution is -2.27. The molecular weight excluding hydrogens is 462 g/mol. The fraction of sp³-hybridized carbons (Fsp3) is 0.375. The molecule has 0 unspecified atom stereocenters. The van der Waals surface area contributed by atoms with Crippen LogP contribution in [0.15, 0.2) is 78.9 Å². The smallest absolute Gasteiger partial charge is 0.337 e. The number of methoxy groups -OCH3 is 1. The van der Waals surface area contributed by atoms with Crippen LogP contribution in [0.3, 0.4) is 0 Å². The zero-order chi connectivity index (χ0) is 26.9. The average Bonchev–Trinajstić information content (AvgIpc) is 2.94. The summed E-state index contributed by atoms with van der Waals surface area (Å²) in [4.78, 5) is 25.5. The number of esters is 1. The van der Waals surface area contributed by atoms with E-state index in [0.717, 1.165) is 55.8 Å². The van der Waals surface area contributed by atoms with Gasteiger partial charge in [-0.05, 0) is 67.6 Å². The first-order valence-corrected chi connectivity index (χ1v) is 13.2. The summed E-state index contributed by atoms with van der Waals surface area (Å²) >= 11 is 0. The van der Waals surface area contributed by atoms with Gasteiger partial charge >= 0.3 is 5.97 Å². The third kappa shape index (κ3) is 11.0. The Labute approximate surface area is 222 Å². The Hall–Kier alpha value is -3.44. The maximum atomic E-state index is 11.7. The standard InChI is InChI=1S/C30H35NO4.C2H6/c1-24(32)10-8-9-20-31(22-25-15-17-28(18-16-25)30(33)34-2)21-19-27-13-6-7-14-29(27)35-23-26-11-4-3-5-12-26;1-2/h3-7,11-18H,8-10,19-23H2,1-2H3;1-2H3. The van der Waals surface area contributed by atoms with Gasteiger partial charge in [0.15, 0.2) is 0 Å². The molecule has 5 nitrogen and oxygen atoms in total. The quantitative estimate of drug-likeness (QED) is 0.177. The molecule has 0 saturated heterocycles. The lowest BCUT2D eigenvalue weighted by atomic mass is 10.1. The molecule has 0 fully saturated rings. The number of ketones is 1. The first-order chi connectivity index (χ1) is 18.0. The normalized spacial score (nSPS) is 10.4. The van der Waals surface area contributed by atoms with Gasteiger partial charge in [-0.1, -0.05) is 74.5 Å². The molecule has 3 rings (SSSR count). The van der Waals surface area contributed by atoms with Gasteiger partial charge in [-0.25, -0.2) is 4.79 Å². The van der Waals surface area contributed by atoms with Gasteiger partial charge in [0.25, 0.3) is 0 Å². The SMILES string of the molecule is CC.COC(=O)c1ccc(CN(CCCCC(C)=O)CCc2ccccc2OCc2ccccc2)cc1. The van der Waals surface area contributed by atoms with Crippen molar-refractivity contribution in [3.63, 3.8) is 0 Å². The van der Waals surface area contributed by atoms with E-state index in [1.165, 1.54) is 12.7 Å². The first kappa shape index (κ1) is 29.8. The van der Waals surface area contributed by atoms with E-state index in [0.29, 0.717) is 18.6 Å². The van der Waals surface area contributed by atoms with Crippen LogP contribution >= 0.6 is 0 Å². The summed E-state index contributed by atoms with van der Waals surface area (Å²) in [7, 11) is 1.39. The number of rotatable bonds is 14. The highest BCUT2D eigenvalue weighted by atomic mass is 16.5. The van der Waals surface area contributed by atoms with Crippen LogP contribution < -0.4 is 4.74 Å². The van der Waals surface area contributed by atoms with Crippen molar-refractivity contribution in [3.05, 3.63) is 101 Å². The minimum atomic E-state index is -0.329. The fourth-order valence-electron chi connectivity index (χ4n) is 3.97. The highest BCUT2D eigenvalue weighted by Crippen LogP contribution is 2.21. The number of carbonyl (C=O) groups excluding carboxylic acids is 2. The molecule has 37 heavy (non-hydrogen) atoms. The molecule has 0 heterocycles. The zero-order valence-electron chi connectivity index (χ0n) is 22.7. The Kier molecular flexibility index (Phi) is 13.8. The number of benzene rings is 3. The molecule has 0 saturated carbocycles. The molecule has 0 aliphatic heterocycles. The molecule has 3 aromatic carbocycles. The first-order valence-electron chi connectivity index (χ1n) is 13.2. The Balaban J connectivity index is 0.00000235. The Bertz CT molecular complexity index is 1060. The van der Waals surface area contributed by atoms with Crippen LogP contribution in [-0.2, 0) is 29.1 Å². The van der Waals surface area contributed by atoms with Crippen LogP contribution in [0.5, 0.6) is 5.75 Å². The third-order valence-corrected chi connectivity index (χ3v) is 5.94. The van der Waals surface area contributed by atoms with Crippen molar-refractivity contribution in [2.75, 3.05) is 20.2 Å². The molecule has 0 N–H and O–H groups in total. The van der Waals surface area contributed by atoms with Gasteiger partial charge in [0.2, 0.25) is 0 Å². The van der Waals surface area contributed by atoms with Crippen LogP contribution in [0, 0.1) is 0 Å². The van der Waals surface area contributed by atoms with Crippen LogP contribution in [0.1, 0.15) is 67.1 Å². The highest BCUT2D eigenvalue weighted by Gasteiger charge is 2.11. The Morgan fingerprint density at radius 2 is 1.46 bits per heavy atom. The van der Waals surface area contributed by atoms with E-state index >= 15 is 0 Å². The number of para-hydroxylation sites is 1. The van der Waals surface area contributed by atoms with Gasteiger partial charge in [-0.15, -0.1) is 0 Å². The second kappa shape index (κ2) is 17.1. The summed E-state index contributed by atoms with van der Waals surface area (Å²) in [6.45, 7) is 8.73. The number of ether oxygens (including phenoxy) is 2. The van der Waals surface area contributed by atoms with Crippen molar-refractivity contribution in [3.8, 4) is 5.75 Å². The molecular formula is C32H41NO4. The Morgan fingerprint density at radius 1 is 0.784 bits per heavy atom. The third-order valence-electron chi connectivity index (χ3n) is 5.94. The van der Waals surface area contributed by atoms with Crippen molar-refractivity contribution in [2.45, 2.75) is 59.6 Å². The number of carbonyl (C=O) groups is 2. The topological polar surface area (TPSA) is 55.8 Å². The summed E-state index contributed by atoms with van der Waals surface area (Å²) < 4.78 is 10.9. The molecule has 0 bridgehead atoms. The zero-order valence-corrected chi connectivity index (χ0v) is 22.7. The number of Topliss-reactive ketones (excluding diaryl/α,β-unsaturated/α-hetero) is 1. The summed E-state index contributed by atoms with van der Waals surface area (Å²) in [5, 5.41) is 0. The van der Waals surface area contributed by atoms with Gasteiger partial charge in [0, 0.05) is 19.5 Å². The van der Waals surface area contributed by atoms with Crippen molar-refractivity contribution in [1.29, 1.82) is 0 Å². The Morgan fingerprint density at radius 3 is 2.14 bits per heavy atom. The molecule has 198 valence electrons.